The molecule has 0 spiro atoms. The number of nitrogens with zero attached hydrogens (tertiary/aromatic N) is 2. The summed E-state index contributed by atoms with van der Waals surface area (Å²) in [5.41, 5.74) is 5.92. The molecular weight excluding hydrogens is 305 g/mol. The van der Waals surface area contributed by atoms with Crippen molar-refractivity contribution in [2.75, 3.05) is 12.0 Å². The molecule has 0 unspecified atom stereocenters. The molecule has 1 heterocycles. The zero-order valence-electron chi connectivity index (χ0n) is 13.6. The first-order valence-corrected chi connectivity index (χ1v) is 7.75. The van der Waals surface area contributed by atoms with Gasteiger partial charge in [-0.2, -0.15) is 5.10 Å². The minimum absolute atomic E-state index is 0.308. The number of aryl methyl sites for hydroxylation is 1. The molecule has 122 valence electrons. The summed E-state index contributed by atoms with van der Waals surface area (Å²) in [6.45, 7) is 4.45. The number of rotatable bonds is 5. The Morgan fingerprint density at radius 3 is 2.83 bits per heavy atom. The third-order valence-electron chi connectivity index (χ3n) is 3.51. The van der Waals surface area contributed by atoms with E-state index in [4.69, 9.17) is 4.74 Å². The summed E-state index contributed by atoms with van der Waals surface area (Å²) < 4.78 is 19.2. The maximum absolute atomic E-state index is 13.6. The lowest BCUT2D eigenvalue weighted by Gasteiger charge is -2.09. The number of hydrazone groups is 1. The highest BCUT2D eigenvalue weighted by Crippen LogP contribution is 2.27. The molecule has 5 heteroatoms. The number of aromatic nitrogens is 1. The van der Waals surface area contributed by atoms with Crippen molar-refractivity contribution < 1.29 is 9.13 Å². The zero-order valence-corrected chi connectivity index (χ0v) is 13.6. The van der Waals surface area contributed by atoms with Crippen molar-refractivity contribution >= 4 is 22.8 Å². The van der Waals surface area contributed by atoms with Gasteiger partial charge in [-0.05, 0) is 44.2 Å². The molecule has 0 saturated carbocycles. The largest absolute Gasteiger partial charge is 0.494 e. The SMILES string of the molecule is CCOc1ccc2nc(C)cc(N/N=C/c3ccccc3F)c2c1. The molecule has 1 N–H and O–H groups in total. The molecular formula is C19H18FN3O. The van der Waals surface area contributed by atoms with Crippen LogP contribution in [0.3, 0.4) is 0 Å². The molecule has 0 aliphatic heterocycles. The minimum Gasteiger partial charge on any atom is -0.494 e. The van der Waals surface area contributed by atoms with E-state index in [1.807, 2.05) is 38.1 Å². The number of ether oxygens (including phenoxy) is 1. The van der Waals surface area contributed by atoms with Gasteiger partial charge in [-0.3, -0.25) is 10.4 Å². The fourth-order valence-corrected chi connectivity index (χ4v) is 2.44. The average Bonchev–Trinajstić information content (AvgIpc) is 2.57. The van der Waals surface area contributed by atoms with Crippen LogP contribution in [-0.4, -0.2) is 17.8 Å². The number of pyridine rings is 1. The second-order valence-electron chi connectivity index (χ2n) is 5.31. The summed E-state index contributed by atoms with van der Waals surface area (Å²) in [4.78, 5) is 4.51. The monoisotopic (exact) mass is 323 g/mol. The maximum atomic E-state index is 13.6. The third-order valence-corrected chi connectivity index (χ3v) is 3.51. The van der Waals surface area contributed by atoms with E-state index in [2.05, 4.69) is 15.5 Å². The van der Waals surface area contributed by atoms with Crippen molar-refractivity contribution in [2.24, 2.45) is 5.10 Å². The Bertz CT molecular complexity index is 893. The van der Waals surface area contributed by atoms with Crippen LogP contribution in [0, 0.1) is 12.7 Å². The van der Waals surface area contributed by atoms with Gasteiger partial charge in [0.2, 0.25) is 0 Å². The minimum atomic E-state index is -0.308. The quantitative estimate of drug-likeness (QED) is 0.554. The molecule has 0 bridgehead atoms. The van der Waals surface area contributed by atoms with Gasteiger partial charge in [-0.15, -0.1) is 0 Å². The Labute approximate surface area is 140 Å². The van der Waals surface area contributed by atoms with E-state index in [1.54, 1.807) is 18.2 Å². The molecule has 0 aliphatic carbocycles. The fraction of sp³-hybridized carbons (Fsp3) is 0.158. The number of hydrogen-bond acceptors (Lipinski definition) is 4. The Morgan fingerprint density at radius 2 is 2.04 bits per heavy atom. The van der Waals surface area contributed by atoms with Crippen molar-refractivity contribution in [3.63, 3.8) is 0 Å². The maximum Gasteiger partial charge on any atom is 0.132 e. The Balaban J connectivity index is 1.93. The van der Waals surface area contributed by atoms with E-state index in [0.717, 1.165) is 28.0 Å². The van der Waals surface area contributed by atoms with Gasteiger partial charge in [0.05, 0.1) is 24.0 Å². The fourth-order valence-electron chi connectivity index (χ4n) is 2.44. The zero-order chi connectivity index (χ0) is 16.9. The summed E-state index contributed by atoms with van der Waals surface area (Å²) in [5.74, 6) is 0.467. The Kier molecular flexibility index (Phi) is 4.70. The average molecular weight is 323 g/mol. The van der Waals surface area contributed by atoms with Crippen LogP contribution in [0.15, 0.2) is 53.6 Å². The van der Waals surface area contributed by atoms with Gasteiger partial charge in [0.1, 0.15) is 11.6 Å². The van der Waals surface area contributed by atoms with Crippen molar-refractivity contribution in [1.29, 1.82) is 0 Å². The number of nitrogens with one attached hydrogen (secondary N) is 1. The highest BCUT2D eigenvalue weighted by Gasteiger charge is 2.05. The van der Waals surface area contributed by atoms with Gasteiger partial charge >= 0.3 is 0 Å². The van der Waals surface area contributed by atoms with Crippen LogP contribution in [0.1, 0.15) is 18.2 Å². The molecule has 24 heavy (non-hydrogen) atoms. The number of hydrogen-bond donors (Lipinski definition) is 1. The standard InChI is InChI=1S/C19H18FN3O/c1-3-24-15-8-9-18-16(11-15)19(10-13(2)22-18)23-21-12-14-6-4-5-7-17(14)20/h4-12H,3H2,1-2H3,(H,22,23)/b21-12+. The molecule has 4 nitrogen and oxygen atoms in total. The molecule has 0 saturated heterocycles. The number of halogens is 1. The smallest absolute Gasteiger partial charge is 0.132 e. The van der Waals surface area contributed by atoms with Gasteiger partial charge in [0.25, 0.3) is 0 Å². The van der Waals surface area contributed by atoms with E-state index in [1.165, 1.54) is 12.3 Å². The predicted octanol–water partition coefficient (Wildman–Crippen LogP) is 4.53. The first-order valence-electron chi connectivity index (χ1n) is 7.75. The van der Waals surface area contributed by atoms with Crippen LogP contribution >= 0.6 is 0 Å². The van der Waals surface area contributed by atoms with E-state index in [-0.39, 0.29) is 5.82 Å². The second-order valence-corrected chi connectivity index (χ2v) is 5.31. The number of benzene rings is 2. The molecule has 2 aromatic carbocycles. The first-order chi connectivity index (χ1) is 11.7. The summed E-state index contributed by atoms with van der Waals surface area (Å²) in [7, 11) is 0. The molecule has 0 fully saturated rings. The third kappa shape index (κ3) is 3.51. The van der Waals surface area contributed by atoms with Gasteiger partial charge in [-0.25, -0.2) is 4.39 Å². The lowest BCUT2D eigenvalue weighted by Crippen LogP contribution is -1.97. The van der Waals surface area contributed by atoms with Gasteiger partial charge in [-0.1, -0.05) is 18.2 Å². The molecule has 0 atom stereocenters. The summed E-state index contributed by atoms with van der Waals surface area (Å²) in [6.07, 6.45) is 1.46. The van der Waals surface area contributed by atoms with Crippen molar-refractivity contribution in [3.05, 3.63) is 65.6 Å². The second kappa shape index (κ2) is 7.08. The summed E-state index contributed by atoms with van der Waals surface area (Å²) >= 11 is 0. The number of fused-ring (bicyclic) bond motifs is 1. The number of anilines is 1. The van der Waals surface area contributed by atoms with Crippen LogP contribution in [0.2, 0.25) is 0 Å². The molecule has 0 radical (unpaired) electrons. The topological polar surface area (TPSA) is 46.5 Å². The van der Waals surface area contributed by atoms with E-state index in [9.17, 15) is 4.39 Å². The highest BCUT2D eigenvalue weighted by molar-refractivity contribution is 5.93. The normalized spacial score (nSPS) is 11.1. The van der Waals surface area contributed by atoms with Gasteiger partial charge in [0.15, 0.2) is 0 Å². The van der Waals surface area contributed by atoms with Gasteiger partial charge in [0, 0.05) is 16.6 Å². The van der Waals surface area contributed by atoms with Crippen molar-refractivity contribution in [1.82, 2.24) is 4.98 Å². The van der Waals surface area contributed by atoms with Crippen LogP contribution in [0.4, 0.5) is 10.1 Å². The Hall–Kier alpha value is -2.95. The lowest BCUT2D eigenvalue weighted by atomic mass is 10.1. The lowest BCUT2D eigenvalue weighted by molar-refractivity contribution is 0.340. The van der Waals surface area contributed by atoms with Crippen LogP contribution < -0.4 is 10.2 Å². The summed E-state index contributed by atoms with van der Waals surface area (Å²) in [6, 6.07) is 14.1. The molecule has 3 aromatic rings. The van der Waals surface area contributed by atoms with Crippen LogP contribution in [0.25, 0.3) is 10.9 Å². The van der Waals surface area contributed by atoms with E-state index < -0.39 is 0 Å². The molecule has 1 aromatic heterocycles. The Morgan fingerprint density at radius 1 is 1.21 bits per heavy atom. The van der Waals surface area contributed by atoms with Crippen LogP contribution in [-0.2, 0) is 0 Å². The molecule has 3 rings (SSSR count). The van der Waals surface area contributed by atoms with E-state index in [0.29, 0.717) is 12.2 Å². The van der Waals surface area contributed by atoms with Crippen LogP contribution in [0.5, 0.6) is 5.75 Å². The van der Waals surface area contributed by atoms with Gasteiger partial charge < -0.3 is 4.74 Å². The predicted molar refractivity (Wildman–Crippen MR) is 95.3 cm³/mol. The van der Waals surface area contributed by atoms with Crippen molar-refractivity contribution in [3.8, 4) is 5.75 Å². The van der Waals surface area contributed by atoms with Crippen molar-refractivity contribution in [2.45, 2.75) is 13.8 Å². The molecule has 0 amide bonds. The summed E-state index contributed by atoms with van der Waals surface area (Å²) in [5, 5.41) is 5.06. The first kappa shape index (κ1) is 15.9. The van der Waals surface area contributed by atoms with E-state index >= 15 is 0 Å². The highest BCUT2D eigenvalue weighted by atomic mass is 19.1. The molecule has 0 aliphatic rings.